The summed E-state index contributed by atoms with van der Waals surface area (Å²) in [7, 11) is 1.66. The average molecular weight is 407 g/mol. The Morgan fingerprint density at radius 3 is 2.70 bits per heavy atom. The summed E-state index contributed by atoms with van der Waals surface area (Å²) < 4.78 is 12.5. The van der Waals surface area contributed by atoms with Gasteiger partial charge in [-0.2, -0.15) is 0 Å². The number of nitrogens with zero attached hydrogens (tertiary/aromatic N) is 2. The summed E-state index contributed by atoms with van der Waals surface area (Å²) >= 11 is 0. The van der Waals surface area contributed by atoms with Crippen molar-refractivity contribution in [3.05, 3.63) is 70.8 Å². The van der Waals surface area contributed by atoms with Crippen LogP contribution in [-0.4, -0.2) is 42.3 Å². The Morgan fingerprint density at radius 1 is 1.17 bits per heavy atom. The summed E-state index contributed by atoms with van der Waals surface area (Å²) in [5.74, 6) is 0.582. The fraction of sp³-hybridized carbons (Fsp3) is 0.348. The van der Waals surface area contributed by atoms with Crippen LogP contribution in [-0.2, 0) is 21.5 Å². The third kappa shape index (κ3) is 3.93. The van der Waals surface area contributed by atoms with Crippen molar-refractivity contribution in [1.29, 1.82) is 0 Å². The van der Waals surface area contributed by atoms with Crippen molar-refractivity contribution in [2.75, 3.05) is 26.9 Å². The average Bonchev–Trinajstić information content (AvgIpc) is 2.80. The standard InChI is InChI=1S/C23H25N3O4/c1-29-20-9-5-3-7-18(20)23(10-12-30-13-11-23)15-24-21(27)14-26-16-25-19-8-4-2-6-17(19)22(26)28/h2-9,16H,10-15H2,1H3,(H,24,27). The molecule has 0 aliphatic carbocycles. The monoisotopic (exact) mass is 407 g/mol. The van der Waals surface area contributed by atoms with Crippen LogP contribution in [0.25, 0.3) is 10.9 Å². The highest BCUT2D eigenvalue weighted by Crippen LogP contribution is 2.39. The van der Waals surface area contributed by atoms with E-state index < -0.39 is 0 Å². The van der Waals surface area contributed by atoms with Crippen molar-refractivity contribution in [3.63, 3.8) is 0 Å². The topological polar surface area (TPSA) is 82.5 Å². The molecule has 0 radical (unpaired) electrons. The fourth-order valence-electron chi connectivity index (χ4n) is 4.08. The van der Waals surface area contributed by atoms with E-state index in [9.17, 15) is 9.59 Å². The predicted octanol–water partition coefficient (Wildman–Crippen LogP) is 2.27. The van der Waals surface area contributed by atoms with Gasteiger partial charge in [0.25, 0.3) is 5.56 Å². The van der Waals surface area contributed by atoms with Crippen molar-refractivity contribution in [2.24, 2.45) is 0 Å². The first-order chi connectivity index (χ1) is 14.6. The molecule has 1 aromatic heterocycles. The molecule has 3 aromatic rings. The molecular weight excluding hydrogens is 382 g/mol. The van der Waals surface area contributed by atoms with E-state index >= 15 is 0 Å². The van der Waals surface area contributed by atoms with Gasteiger partial charge >= 0.3 is 0 Å². The lowest BCUT2D eigenvalue weighted by Gasteiger charge is -2.38. The SMILES string of the molecule is COc1ccccc1C1(CNC(=O)Cn2cnc3ccccc3c2=O)CCOCC1. The van der Waals surface area contributed by atoms with Crippen molar-refractivity contribution < 1.29 is 14.3 Å². The van der Waals surface area contributed by atoms with Gasteiger partial charge in [-0.25, -0.2) is 4.98 Å². The number of aromatic nitrogens is 2. The summed E-state index contributed by atoms with van der Waals surface area (Å²) in [6, 6.07) is 15.0. The molecule has 0 saturated carbocycles. The molecule has 0 unspecified atom stereocenters. The van der Waals surface area contributed by atoms with Gasteiger partial charge in [-0.3, -0.25) is 14.2 Å². The normalized spacial score (nSPS) is 15.6. The van der Waals surface area contributed by atoms with Crippen LogP contribution in [0.1, 0.15) is 18.4 Å². The van der Waals surface area contributed by atoms with E-state index in [2.05, 4.69) is 10.3 Å². The van der Waals surface area contributed by atoms with Crippen LogP contribution in [0.5, 0.6) is 5.75 Å². The van der Waals surface area contributed by atoms with E-state index in [1.165, 1.54) is 10.9 Å². The highest BCUT2D eigenvalue weighted by molar-refractivity contribution is 5.79. The number of carbonyl (C=O) groups excluding carboxylic acids is 1. The highest BCUT2D eigenvalue weighted by atomic mass is 16.5. The van der Waals surface area contributed by atoms with Gasteiger partial charge in [0.15, 0.2) is 0 Å². The number of para-hydroxylation sites is 2. The molecule has 1 fully saturated rings. The summed E-state index contributed by atoms with van der Waals surface area (Å²) in [4.78, 5) is 29.6. The molecule has 30 heavy (non-hydrogen) atoms. The first-order valence-electron chi connectivity index (χ1n) is 10.1. The van der Waals surface area contributed by atoms with E-state index in [0.717, 1.165) is 24.2 Å². The number of ether oxygens (including phenoxy) is 2. The Hall–Kier alpha value is -3.19. The van der Waals surface area contributed by atoms with Crippen molar-refractivity contribution >= 4 is 16.8 Å². The van der Waals surface area contributed by atoms with Crippen LogP contribution < -0.4 is 15.6 Å². The third-order valence-corrected chi connectivity index (χ3v) is 5.80. The van der Waals surface area contributed by atoms with Gasteiger partial charge in [0.05, 0.1) is 24.3 Å². The minimum absolute atomic E-state index is 0.0742. The minimum atomic E-state index is -0.271. The fourth-order valence-corrected chi connectivity index (χ4v) is 4.08. The number of carbonyl (C=O) groups is 1. The number of nitrogens with one attached hydrogen (secondary N) is 1. The van der Waals surface area contributed by atoms with Crippen molar-refractivity contribution in [1.82, 2.24) is 14.9 Å². The lowest BCUT2D eigenvalue weighted by Crippen LogP contribution is -2.46. The van der Waals surface area contributed by atoms with Crippen LogP contribution in [0.4, 0.5) is 0 Å². The van der Waals surface area contributed by atoms with Crippen LogP contribution >= 0.6 is 0 Å². The molecule has 0 bridgehead atoms. The Morgan fingerprint density at radius 2 is 1.90 bits per heavy atom. The summed E-state index contributed by atoms with van der Waals surface area (Å²) in [6.45, 7) is 1.63. The second-order valence-corrected chi connectivity index (χ2v) is 7.56. The number of benzene rings is 2. The maximum absolute atomic E-state index is 12.7. The lowest BCUT2D eigenvalue weighted by atomic mass is 9.73. The number of rotatable bonds is 6. The Balaban J connectivity index is 1.52. The van der Waals surface area contributed by atoms with Gasteiger partial charge in [-0.15, -0.1) is 0 Å². The minimum Gasteiger partial charge on any atom is -0.496 e. The van der Waals surface area contributed by atoms with E-state index in [1.54, 1.807) is 25.3 Å². The van der Waals surface area contributed by atoms with Crippen molar-refractivity contribution in [3.8, 4) is 5.75 Å². The zero-order valence-electron chi connectivity index (χ0n) is 17.0. The summed E-state index contributed by atoms with van der Waals surface area (Å²) in [5.41, 5.74) is 1.20. The van der Waals surface area contributed by atoms with Crippen LogP contribution in [0.2, 0.25) is 0 Å². The molecule has 7 nitrogen and oxygen atoms in total. The van der Waals surface area contributed by atoms with Crippen LogP contribution in [0.15, 0.2) is 59.7 Å². The number of fused-ring (bicyclic) bond motifs is 1. The predicted molar refractivity (Wildman–Crippen MR) is 114 cm³/mol. The Kier molecular flexibility index (Phi) is 5.81. The molecule has 1 N–H and O–H groups in total. The third-order valence-electron chi connectivity index (χ3n) is 5.80. The van der Waals surface area contributed by atoms with Crippen LogP contribution in [0.3, 0.4) is 0 Å². The van der Waals surface area contributed by atoms with Gasteiger partial charge in [0, 0.05) is 30.7 Å². The second kappa shape index (κ2) is 8.67. The van der Waals surface area contributed by atoms with Gasteiger partial charge in [0.1, 0.15) is 12.3 Å². The summed E-state index contributed by atoms with van der Waals surface area (Å²) in [6.07, 6.45) is 2.99. The molecule has 0 atom stereocenters. The van der Waals surface area contributed by atoms with E-state index in [-0.39, 0.29) is 23.4 Å². The molecule has 1 aliphatic rings. The lowest BCUT2D eigenvalue weighted by molar-refractivity contribution is -0.122. The van der Waals surface area contributed by atoms with Gasteiger partial charge in [0.2, 0.25) is 5.91 Å². The summed E-state index contributed by atoms with van der Waals surface area (Å²) in [5, 5.41) is 3.53. The largest absolute Gasteiger partial charge is 0.496 e. The molecule has 7 heteroatoms. The van der Waals surface area contributed by atoms with Crippen LogP contribution in [0, 0.1) is 0 Å². The maximum atomic E-state index is 12.7. The molecule has 1 aliphatic heterocycles. The van der Waals surface area contributed by atoms with E-state index in [4.69, 9.17) is 9.47 Å². The second-order valence-electron chi connectivity index (χ2n) is 7.56. The molecule has 156 valence electrons. The molecular formula is C23H25N3O4. The van der Waals surface area contributed by atoms with Crippen molar-refractivity contribution in [2.45, 2.75) is 24.8 Å². The molecule has 1 amide bonds. The first-order valence-corrected chi connectivity index (χ1v) is 10.1. The quantitative estimate of drug-likeness (QED) is 0.678. The molecule has 0 spiro atoms. The Bertz CT molecular complexity index is 1100. The van der Waals surface area contributed by atoms with Gasteiger partial charge < -0.3 is 14.8 Å². The van der Waals surface area contributed by atoms with E-state index in [0.29, 0.717) is 30.7 Å². The first kappa shape index (κ1) is 20.1. The van der Waals surface area contributed by atoms with Gasteiger partial charge in [-0.05, 0) is 31.0 Å². The highest BCUT2D eigenvalue weighted by Gasteiger charge is 2.37. The smallest absolute Gasteiger partial charge is 0.261 e. The molecule has 2 heterocycles. The number of hydrogen-bond donors (Lipinski definition) is 1. The maximum Gasteiger partial charge on any atom is 0.261 e. The zero-order valence-corrected chi connectivity index (χ0v) is 17.0. The van der Waals surface area contributed by atoms with E-state index in [1.807, 2.05) is 30.3 Å². The van der Waals surface area contributed by atoms with Gasteiger partial charge in [-0.1, -0.05) is 30.3 Å². The number of methoxy groups -OCH3 is 1. The molecule has 4 rings (SSSR count). The molecule has 2 aromatic carbocycles. The molecule has 1 saturated heterocycles. The zero-order chi connectivity index (χ0) is 21.0. The number of hydrogen-bond acceptors (Lipinski definition) is 5. The Labute approximate surface area is 174 Å². The number of amides is 1.